The number of ether oxygens (including phenoxy) is 1. The fraction of sp³-hybridized carbons (Fsp3) is 0.611. The highest BCUT2D eigenvalue weighted by molar-refractivity contribution is 5.77. The standard InChI is InChI=1S/C18H27NO3/c1-18(2,3)15-7-4-14(5-8-15)6-9-17(21)19-10-11-22-13-16(19)12-20/h4-5,7-8,16,20H,6,9-13H2,1-3H3. The predicted octanol–water partition coefficient (Wildman–Crippen LogP) is 2.14. The lowest BCUT2D eigenvalue weighted by molar-refractivity contribution is -0.141. The summed E-state index contributed by atoms with van der Waals surface area (Å²) in [5.41, 5.74) is 2.63. The van der Waals surface area contributed by atoms with Gasteiger partial charge in [0.05, 0.1) is 25.9 Å². The normalized spacial score (nSPS) is 19.3. The Labute approximate surface area is 133 Å². The first-order chi connectivity index (χ1) is 10.4. The minimum Gasteiger partial charge on any atom is -0.394 e. The van der Waals surface area contributed by atoms with Crippen LogP contribution in [-0.2, 0) is 21.4 Å². The van der Waals surface area contributed by atoms with E-state index in [4.69, 9.17) is 4.74 Å². The van der Waals surface area contributed by atoms with Gasteiger partial charge in [-0.3, -0.25) is 4.79 Å². The van der Waals surface area contributed by atoms with E-state index in [0.717, 1.165) is 6.42 Å². The summed E-state index contributed by atoms with van der Waals surface area (Å²) in [6.45, 7) is 8.11. The number of hydrogen-bond acceptors (Lipinski definition) is 3. The molecule has 1 heterocycles. The van der Waals surface area contributed by atoms with E-state index in [2.05, 4.69) is 45.0 Å². The van der Waals surface area contributed by atoms with Crippen LogP contribution in [0.4, 0.5) is 0 Å². The Morgan fingerprint density at radius 1 is 1.32 bits per heavy atom. The number of aryl methyl sites for hydroxylation is 1. The molecule has 0 bridgehead atoms. The fourth-order valence-corrected chi connectivity index (χ4v) is 2.70. The number of carbonyl (C=O) groups excluding carboxylic acids is 1. The molecule has 0 radical (unpaired) electrons. The van der Waals surface area contributed by atoms with Gasteiger partial charge in [-0.15, -0.1) is 0 Å². The van der Waals surface area contributed by atoms with Crippen LogP contribution in [-0.4, -0.2) is 48.3 Å². The van der Waals surface area contributed by atoms with Crippen molar-refractivity contribution in [2.45, 2.75) is 45.1 Å². The van der Waals surface area contributed by atoms with Crippen molar-refractivity contribution in [3.05, 3.63) is 35.4 Å². The lowest BCUT2D eigenvalue weighted by Crippen LogP contribution is -2.50. The minimum atomic E-state index is -0.190. The van der Waals surface area contributed by atoms with Crippen molar-refractivity contribution in [3.63, 3.8) is 0 Å². The summed E-state index contributed by atoms with van der Waals surface area (Å²) < 4.78 is 5.31. The van der Waals surface area contributed by atoms with E-state index in [1.54, 1.807) is 4.90 Å². The maximum absolute atomic E-state index is 12.3. The molecule has 1 atom stereocenters. The molecule has 1 aliphatic heterocycles. The van der Waals surface area contributed by atoms with Crippen molar-refractivity contribution in [1.29, 1.82) is 0 Å². The van der Waals surface area contributed by atoms with E-state index in [1.807, 2.05) is 0 Å². The van der Waals surface area contributed by atoms with Crippen molar-refractivity contribution in [1.82, 2.24) is 4.90 Å². The van der Waals surface area contributed by atoms with E-state index < -0.39 is 0 Å². The van der Waals surface area contributed by atoms with E-state index in [0.29, 0.717) is 26.2 Å². The number of aliphatic hydroxyl groups is 1. The number of amides is 1. The Hall–Kier alpha value is -1.39. The first kappa shape index (κ1) is 17.0. The Morgan fingerprint density at radius 3 is 2.59 bits per heavy atom. The number of benzene rings is 1. The van der Waals surface area contributed by atoms with Crippen LogP contribution in [0.15, 0.2) is 24.3 Å². The van der Waals surface area contributed by atoms with Gasteiger partial charge in [0.25, 0.3) is 0 Å². The molecule has 0 aromatic heterocycles. The molecule has 4 heteroatoms. The molecule has 0 aliphatic carbocycles. The smallest absolute Gasteiger partial charge is 0.223 e. The van der Waals surface area contributed by atoms with Crippen LogP contribution >= 0.6 is 0 Å². The molecule has 1 aliphatic rings. The van der Waals surface area contributed by atoms with Crippen LogP contribution in [0.25, 0.3) is 0 Å². The van der Waals surface area contributed by atoms with Crippen molar-refractivity contribution < 1.29 is 14.6 Å². The molecule has 1 N–H and O–H groups in total. The highest BCUT2D eigenvalue weighted by atomic mass is 16.5. The molecule has 1 unspecified atom stereocenters. The van der Waals surface area contributed by atoms with Gasteiger partial charge in [-0.1, -0.05) is 45.0 Å². The van der Waals surface area contributed by atoms with Gasteiger partial charge in [-0.2, -0.15) is 0 Å². The van der Waals surface area contributed by atoms with Crippen molar-refractivity contribution in [2.75, 3.05) is 26.4 Å². The van der Waals surface area contributed by atoms with Gasteiger partial charge in [0.2, 0.25) is 5.91 Å². The van der Waals surface area contributed by atoms with E-state index >= 15 is 0 Å². The van der Waals surface area contributed by atoms with Crippen LogP contribution in [0.2, 0.25) is 0 Å². The largest absolute Gasteiger partial charge is 0.394 e. The molecular formula is C18H27NO3. The molecule has 2 rings (SSSR count). The quantitative estimate of drug-likeness (QED) is 0.927. The Bertz CT molecular complexity index is 490. The lowest BCUT2D eigenvalue weighted by Gasteiger charge is -2.34. The summed E-state index contributed by atoms with van der Waals surface area (Å²) in [7, 11) is 0. The molecule has 4 nitrogen and oxygen atoms in total. The first-order valence-electron chi connectivity index (χ1n) is 7.99. The summed E-state index contributed by atoms with van der Waals surface area (Å²) in [5, 5.41) is 9.33. The van der Waals surface area contributed by atoms with Crippen molar-refractivity contribution >= 4 is 5.91 Å². The summed E-state index contributed by atoms with van der Waals surface area (Å²) in [6, 6.07) is 8.31. The summed E-state index contributed by atoms with van der Waals surface area (Å²) >= 11 is 0. The van der Waals surface area contributed by atoms with Gasteiger partial charge < -0.3 is 14.7 Å². The summed E-state index contributed by atoms with van der Waals surface area (Å²) in [5.74, 6) is 0.0993. The monoisotopic (exact) mass is 305 g/mol. The Morgan fingerprint density at radius 2 is 2.00 bits per heavy atom. The number of hydrogen-bond donors (Lipinski definition) is 1. The SMILES string of the molecule is CC(C)(C)c1ccc(CCC(=O)N2CCOCC2CO)cc1. The first-order valence-corrected chi connectivity index (χ1v) is 7.99. The molecule has 1 aromatic rings. The number of rotatable bonds is 4. The summed E-state index contributed by atoms with van der Waals surface area (Å²) in [4.78, 5) is 14.1. The van der Waals surface area contributed by atoms with E-state index in [9.17, 15) is 9.90 Å². The van der Waals surface area contributed by atoms with Crippen LogP contribution in [0.3, 0.4) is 0 Å². The number of morpholine rings is 1. The average Bonchev–Trinajstić information content (AvgIpc) is 2.52. The third-order valence-corrected chi connectivity index (χ3v) is 4.21. The molecule has 1 fully saturated rings. The number of nitrogens with zero attached hydrogens (tertiary/aromatic N) is 1. The zero-order valence-electron chi connectivity index (χ0n) is 13.8. The average molecular weight is 305 g/mol. The van der Waals surface area contributed by atoms with Crippen LogP contribution in [0, 0.1) is 0 Å². The van der Waals surface area contributed by atoms with E-state index in [-0.39, 0.29) is 24.0 Å². The maximum Gasteiger partial charge on any atom is 0.223 e. The topological polar surface area (TPSA) is 49.8 Å². The fourth-order valence-electron chi connectivity index (χ4n) is 2.70. The summed E-state index contributed by atoms with van der Waals surface area (Å²) in [6.07, 6.45) is 1.21. The van der Waals surface area contributed by atoms with Crippen LogP contribution in [0.1, 0.15) is 38.3 Å². The zero-order valence-corrected chi connectivity index (χ0v) is 13.8. The van der Waals surface area contributed by atoms with E-state index in [1.165, 1.54) is 11.1 Å². The predicted molar refractivity (Wildman–Crippen MR) is 86.9 cm³/mol. The second-order valence-corrected chi connectivity index (χ2v) is 6.95. The second kappa shape index (κ2) is 7.25. The maximum atomic E-state index is 12.3. The minimum absolute atomic E-state index is 0.0357. The highest BCUT2D eigenvalue weighted by Crippen LogP contribution is 2.22. The van der Waals surface area contributed by atoms with Crippen LogP contribution < -0.4 is 0 Å². The van der Waals surface area contributed by atoms with Gasteiger partial charge >= 0.3 is 0 Å². The van der Waals surface area contributed by atoms with Crippen molar-refractivity contribution in [2.24, 2.45) is 0 Å². The highest BCUT2D eigenvalue weighted by Gasteiger charge is 2.26. The molecule has 1 amide bonds. The lowest BCUT2D eigenvalue weighted by atomic mass is 9.86. The van der Waals surface area contributed by atoms with Gasteiger partial charge in [0, 0.05) is 13.0 Å². The number of aliphatic hydroxyl groups excluding tert-OH is 1. The van der Waals surface area contributed by atoms with Gasteiger partial charge in [0.15, 0.2) is 0 Å². The van der Waals surface area contributed by atoms with Crippen molar-refractivity contribution in [3.8, 4) is 0 Å². The van der Waals surface area contributed by atoms with Gasteiger partial charge in [0.1, 0.15) is 0 Å². The molecule has 122 valence electrons. The van der Waals surface area contributed by atoms with Gasteiger partial charge in [-0.05, 0) is 23.0 Å². The van der Waals surface area contributed by atoms with Crippen LogP contribution in [0.5, 0.6) is 0 Å². The Balaban J connectivity index is 1.90. The Kier molecular flexibility index (Phi) is 5.59. The van der Waals surface area contributed by atoms with Gasteiger partial charge in [-0.25, -0.2) is 0 Å². The molecule has 0 spiro atoms. The molecular weight excluding hydrogens is 278 g/mol. The number of carbonyl (C=O) groups is 1. The zero-order chi connectivity index (χ0) is 16.2. The molecule has 1 aromatic carbocycles. The third kappa shape index (κ3) is 4.31. The molecule has 1 saturated heterocycles. The molecule has 0 saturated carbocycles. The second-order valence-electron chi connectivity index (χ2n) is 6.95. The molecule has 22 heavy (non-hydrogen) atoms. The third-order valence-electron chi connectivity index (χ3n) is 4.21.